The van der Waals surface area contributed by atoms with Crippen molar-refractivity contribution in [3.05, 3.63) is 106 Å². The Morgan fingerprint density at radius 1 is 0.949 bits per heavy atom. The van der Waals surface area contributed by atoms with E-state index in [1.807, 2.05) is 6.20 Å². The van der Waals surface area contributed by atoms with E-state index < -0.39 is 0 Å². The standard InChI is InChI=1S/C33H35BrN4.ClH/c1-38(28-10-3-2-4-11-28)19-18-23-14-16-27(17-15-23)36-33-35-22-25-21-31(24-8-7-9-26(34)20-24)29-12-5-6-13-30(29)32(25)37-33;/h5-9,12-17,20,22,28,31H,2-4,10-11,18-19,21H2,1H3,(H,35,36,37);1H/t31-;/m0./s1. The summed E-state index contributed by atoms with van der Waals surface area (Å²) in [5.41, 5.74) is 8.45. The zero-order chi connectivity index (χ0) is 25.9. The molecule has 1 atom stereocenters. The number of hydrogen-bond acceptors (Lipinski definition) is 4. The molecule has 0 aliphatic heterocycles. The third-order valence-corrected chi connectivity index (χ3v) is 8.79. The first-order valence-electron chi connectivity index (χ1n) is 13.9. The van der Waals surface area contributed by atoms with E-state index in [0.717, 1.165) is 41.3 Å². The van der Waals surface area contributed by atoms with Gasteiger partial charge in [0.2, 0.25) is 5.95 Å². The summed E-state index contributed by atoms with van der Waals surface area (Å²) >= 11 is 3.64. The van der Waals surface area contributed by atoms with E-state index in [9.17, 15) is 0 Å². The van der Waals surface area contributed by atoms with Crippen LogP contribution in [-0.2, 0) is 12.8 Å². The van der Waals surface area contributed by atoms with E-state index in [1.165, 1.54) is 59.9 Å². The Balaban J connectivity index is 0.00000308. The van der Waals surface area contributed by atoms with Crippen molar-refractivity contribution in [3.63, 3.8) is 0 Å². The second kappa shape index (κ2) is 12.6. The van der Waals surface area contributed by atoms with Crippen molar-refractivity contribution < 1.29 is 0 Å². The monoisotopic (exact) mass is 602 g/mol. The molecule has 0 bridgehead atoms. The Hall–Kier alpha value is -2.73. The average Bonchev–Trinajstić information content (AvgIpc) is 2.97. The van der Waals surface area contributed by atoms with Gasteiger partial charge in [-0.2, -0.15) is 0 Å². The smallest absolute Gasteiger partial charge is 0.227 e. The van der Waals surface area contributed by atoms with E-state index in [4.69, 9.17) is 9.97 Å². The van der Waals surface area contributed by atoms with Crippen LogP contribution < -0.4 is 5.32 Å². The van der Waals surface area contributed by atoms with E-state index in [2.05, 4.69) is 106 Å². The number of benzene rings is 3. The number of aromatic nitrogens is 2. The highest BCUT2D eigenvalue weighted by molar-refractivity contribution is 9.10. The van der Waals surface area contributed by atoms with Gasteiger partial charge in [-0.1, -0.05) is 83.7 Å². The van der Waals surface area contributed by atoms with E-state index in [1.54, 1.807) is 0 Å². The molecule has 39 heavy (non-hydrogen) atoms. The van der Waals surface area contributed by atoms with Crippen LogP contribution in [0.5, 0.6) is 0 Å². The number of anilines is 2. The summed E-state index contributed by atoms with van der Waals surface area (Å²) in [6.07, 6.45) is 10.9. The molecule has 3 aromatic carbocycles. The fraction of sp³-hybridized carbons (Fsp3) is 0.333. The maximum atomic E-state index is 4.99. The molecule has 0 amide bonds. The molecule has 1 saturated carbocycles. The number of nitrogens with one attached hydrogen (secondary N) is 1. The van der Waals surface area contributed by atoms with Crippen LogP contribution in [0.4, 0.5) is 11.6 Å². The first-order chi connectivity index (χ1) is 18.6. The Morgan fingerprint density at radius 2 is 1.74 bits per heavy atom. The molecule has 6 rings (SSSR count). The van der Waals surface area contributed by atoms with Gasteiger partial charge in [0.05, 0.1) is 5.69 Å². The highest BCUT2D eigenvalue weighted by atomic mass is 79.9. The summed E-state index contributed by atoms with van der Waals surface area (Å²) in [4.78, 5) is 12.3. The topological polar surface area (TPSA) is 41.0 Å². The van der Waals surface area contributed by atoms with Crippen LogP contribution in [-0.4, -0.2) is 34.5 Å². The fourth-order valence-electron chi connectivity index (χ4n) is 6.11. The van der Waals surface area contributed by atoms with Crippen LogP contribution in [0, 0.1) is 0 Å². The second-order valence-corrected chi connectivity index (χ2v) is 11.7. The summed E-state index contributed by atoms with van der Waals surface area (Å²) < 4.78 is 1.11. The lowest BCUT2D eigenvalue weighted by Crippen LogP contribution is -2.34. The molecule has 0 spiro atoms. The number of halogens is 2. The highest BCUT2D eigenvalue weighted by Gasteiger charge is 2.27. The van der Waals surface area contributed by atoms with Crippen molar-refractivity contribution in [2.75, 3.05) is 18.9 Å². The molecule has 6 heteroatoms. The molecule has 0 radical (unpaired) electrons. The molecule has 202 valence electrons. The predicted molar refractivity (Wildman–Crippen MR) is 167 cm³/mol. The largest absolute Gasteiger partial charge is 0.324 e. The minimum Gasteiger partial charge on any atom is -0.324 e. The lowest BCUT2D eigenvalue weighted by Gasteiger charge is -2.31. The normalized spacial score (nSPS) is 16.7. The Morgan fingerprint density at radius 3 is 2.54 bits per heavy atom. The third-order valence-electron chi connectivity index (χ3n) is 8.29. The summed E-state index contributed by atoms with van der Waals surface area (Å²) in [5.74, 6) is 0.938. The lowest BCUT2D eigenvalue weighted by atomic mass is 9.78. The van der Waals surface area contributed by atoms with E-state index >= 15 is 0 Å². The van der Waals surface area contributed by atoms with Crippen molar-refractivity contribution in [1.29, 1.82) is 0 Å². The molecule has 0 unspecified atom stereocenters. The maximum absolute atomic E-state index is 4.99. The maximum Gasteiger partial charge on any atom is 0.227 e. The van der Waals surface area contributed by atoms with Gasteiger partial charge in [-0.3, -0.25) is 0 Å². The second-order valence-electron chi connectivity index (χ2n) is 10.8. The minimum absolute atomic E-state index is 0. The van der Waals surface area contributed by atoms with Crippen LogP contribution in [0.1, 0.15) is 60.3 Å². The summed E-state index contributed by atoms with van der Waals surface area (Å²) in [7, 11) is 2.29. The van der Waals surface area contributed by atoms with Gasteiger partial charge in [0.15, 0.2) is 0 Å². The zero-order valence-corrected chi connectivity index (χ0v) is 24.8. The Labute approximate surface area is 246 Å². The molecular formula is C33H36BrClN4. The number of rotatable bonds is 7. The van der Waals surface area contributed by atoms with Gasteiger partial charge in [0.1, 0.15) is 0 Å². The zero-order valence-electron chi connectivity index (χ0n) is 22.4. The first kappa shape index (κ1) is 27.8. The number of hydrogen-bond donors (Lipinski definition) is 1. The van der Waals surface area contributed by atoms with Gasteiger partial charge in [0.25, 0.3) is 0 Å². The molecule has 1 aromatic heterocycles. The molecule has 4 aromatic rings. The van der Waals surface area contributed by atoms with Crippen LogP contribution in [0.3, 0.4) is 0 Å². The molecule has 1 heterocycles. The SMILES string of the molecule is CN(CCc1ccc(Nc2ncc3c(n2)-c2ccccc2[C@H](c2cccc(Br)c2)C3)cc1)C1CCCCC1.Cl. The summed E-state index contributed by atoms with van der Waals surface area (Å²) in [5, 5.41) is 3.44. The molecule has 0 saturated heterocycles. The van der Waals surface area contributed by atoms with Crippen LogP contribution in [0.25, 0.3) is 11.3 Å². The van der Waals surface area contributed by atoms with E-state index in [0.29, 0.717) is 11.9 Å². The third kappa shape index (κ3) is 6.37. The number of fused-ring (bicyclic) bond motifs is 3. The average molecular weight is 604 g/mol. The van der Waals surface area contributed by atoms with Gasteiger partial charge in [-0.25, -0.2) is 9.97 Å². The Kier molecular flexibility index (Phi) is 9.01. The quantitative estimate of drug-likeness (QED) is 0.230. The van der Waals surface area contributed by atoms with Crippen molar-refractivity contribution in [2.24, 2.45) is 0 Å². The van der Waals surface area contributed by atoms with Gasteiger partial charge < -0.3 is 10.2 Å². The number of likely N-dealkylation sites (N-methyl/N-ethyl adjacent to an activating group) is 1. The van der Waals surface area contributed by atoms with E-state index in [-0.39, 0.29) is 12.4 Å². The Bertz CT molecular complexity index is 1400. The van der Waals surface area contributed by atoms with Crippen LogP contribution in [0.15, 0.2) is 83.5 Å². The van der Waals surface area contributed by atoms with Crippen LogP contribution in [0.2, 0.25) is 0 Å². The van der Waals surface area contributed by atoms with Crippen molar-refractivity contribution >= 4 is 40.0 Å². The summed E-state index contributed by atoms with van der Waals surface area (Å²) in [6.45, 7) is 1.12. The van der Waals surface area contributed by atoms with Gasteiger partial charge >= 0.3 is 0 Å². The molecular weight excluding hydrogens is 568 g/mol. The van der Waals surface area contributed by atoms with Crippen molar-refractivity contribution in [2.45, 2.75) is 56.9 Å². The lowest BCUT2D eigenvalue weighted by molar-refractivity contribution is 0.194. The van der Waals surface area contributed by atoms with Crippen molar-refractivity contribution in [3.8, 4) is 11.3 Å². The predicted octanol–water partition coefficient (Wildman–Crippen LogP) is 8.57. The molecule has 1 fully saturated rings. The highest BCUT2D eigenvalue weighted by Crippen LogP contribution is 2.42. The van der Waals surface area contributed by atoms with Gasteiger partial charge in [-0.05, 0) is 79.3 Å². The van der Waals surface area contributed by atoms with Crippen LogP contribution >= 0.6 is 28.3 Å². The molecule has 1 N–H and O–H groups in total. The first-order valence-corrected chi connectivity index (χ1v) is 14.7. The number of nitrogens with zero attached hydrogens (tertiary/aromatic N) is 3. The van der Waals surface area contributed by atoms with Gasteiger partial charge in [-0.15, -0.1) is 12.4 Å². The molecule has 2 aliphatic rings. The van der Waals surface area contributed by atoms with Gasteiger partial charge in [0, 0.05) is 40.4 Å². The fourth-order valence-corrected chi connectivity index (χ4v) is 6.53. The molecule has 2 aliphatic carbocycles. The summed E-state index contributed by atoms with van der Waals surface area (Å²) in [6, 6.07) is 26.8. The molecule has 4 nitrogen and oxygen atoms in total. The minimum atomic E-state index is 0. The van der Waals surface area contributed by atoms with Crippen molar-refractivity contribution in [1.82, 2.24) is 14.9 Å².